The highest BCUT2D eigenvalue weighted by Crippen LogP contribution is 2.29. The number of sulfonamides is 1. The van der Waals surface area contributed by atoms with E-state index >= 15 is 0 Å². The molecule has 2 heterocycles. The zero-order chi connectivity index (χ0) is 20.1. The highest BCUT2D eigenvalue weighted by atomic mass is 32.2. The summed E-state index contributed by atoms with van der Waals surface area (Å²) < 4.78 is 25.5. The number of carbonyl (C=O) groups excluding carboxylic acids is 1. The number of H-pyrrole nitrogens is 1. The molecule has 0 bridgehead atoms. The van der Waals surface area contributed by atoms with Gasteiger partial charge in [-0.15, -0.1) is 0 Å². The molecule has 1 aliphatic heterocycles. The van der Waals surface area contributed by atoms with Crippen LogP contribution in [0, 0.1) is 0 Å². The number of benzene rings is 2. The second-order valence-electron chi connectivity index (χ2n) is 6.48. The van der Waals surface area contributed by atoms with Crippen molar-refractivity contribution in [3.63, 3.8) is 0 Å². The standard InChI is InChI=1S/C18H17N6O3S/c1-23(2)28(26,27)12-6-4-11(5-7-12)24(3)18(25)17-13-8-9-15-14(10-19-20-15)16(13)21-22-17/h4-10H,1-3H3,(H,21,22). The second-order valence-corrected chi connectivity index (χ2v) is 8.64. The molecule has 0 spiro atoms. The van der Waals surface area contributed by atoms with Crippen LogP contribution in [0.5, 0.6) is 0 Å². The summed E-state index contributed by atoms with van der Waals surface area (Å²) in [6.07, 6.45) is 1.62. The summed E-state index contributed by atoms with van der Waals surface area (Å²) in [6.45, 7) is 0. The molecule has 0 atom stereocenters. The monoisotopic (exact) mass is 397 g/mol. The van der Waals surface area contributed by atoms with Crippen molar-refractivity contribution in [2.24, 2.45) is 5.10 Å². The fraction of sp³-hybridized carbons (Fsp3) is 0.167. The molecule has 0 unspecified atom stereocenters. The lowest BCUT2D eigenvalue weighted by Gasteiger charge is -2.17. The third-order valence-electron chi connectivity index (χ3n) is 4.62. The van der Waals surface area contributed by atoms with Crippen LogP contribution in [-0.2, 0) is 10.0 Å². The fourth-order valence-corrected chi connectivity index (χ4v) is 3.86. The van der Waals surface area contributed by atoms with Crippen LogP contribution in [0.2, 0.25) is 0 Å². The normalized spacial score (nSPS) is 13.0. The summed E-state index contributed by atoms with van der Waals surface area (Å²) in [5, 5.41) is 11.6. The number of carbonyl (C=O) groups is 1. The number of aromatic amines is 1. The van der Waals surface area contributed by atoms with Gasteiger partial charge in [0.25, 0.3) is 5.91 Å². The first-order valence-electron chi connectivity index (χ1n) is 8.36. The van der Waals surface area contributed by atoms with Gasteiger partial charge in [-0.3, -0.25) is 9.89 Å². The highest BCUT2D eigenvalue weighted by molar-refractivity contribution is 7.89. The molecule has 1 radical (unpaired) electrons. The predicted molar refractivity (Wildman–Crippen MR) is 106 cm³/mol. The Morgan fingerprint density at radius 3 is 2.43 bits per heavy atom. The maximum atomic E-state index is 13.0. The van der Waals surface area contributed by atoms with E-state index in [1.807, 2.05) is 0 Å². The van der Waals surface area contributed by atoms with Gasteiger partial charge >= 0.3 is 0 Å². The number of anilines is 1. The molecule has 1 aromatic heterocycles. The second kappa shape index (κ2) is 6.43. The third-order valence-corrected chi connectivity index (χ3v) is 6.45. The van der Waals surface area contributed by atoms with Gasteiger partial charge in [0.05, 0.1) is 22.3 Å². The van der Waals surface area contributed by atoms with E-state index in [1.54, 1.807) is 37.5 Å². The molecule has 9 nitrogen and oxygen atoms in total. The summed E-state index contributed by atoms with van der Waals surface area (Å²) in [7, 11) is 1.02. The summed E-state index contributed by atoms with van der Waals surface area (Å²) >= 11 is 0. The van der Waals surface area contributed by atoms with Gasteiger partial charge in [-0.2, -0.15) is 15.6 Å². The Morgan fingerprint density at radius 2 is 1.75 bits per heavy atom. The van der Waals surface area contributed by atoms with Gasteiger partial charge in [-0.25, -0.2) is 12.7 Å². The van der Waals surface area contributed by atoms with Crippen LogP contribution < -0.4 is 10.3 Å². The number of nitrogens with one attached hydrogen (secondary N) is 1. The molecule has 1 N–H and O–H groups in total. The predicted octanol–water partition coefficient (Wildman–Crippen LogP) is 1.67. The van der Waals surface area contributed by atoms with E-state index in [1.165, 1.54) is 31.1 Å². The number of hydrogen-bond donors (Lipinski definition) is 1. The molecular formula is C18H17N6O3S. The molecule has 2 aromatic carbocycles. The van der Waals surface area contributed by atoms with Crippen molar-refractivity contribution >= 4 is 44.4 Å². The minimum Gasteiger partial charge on any atom is -0.310 e. The van der Waals surface area contributed by atoms with E-state index in [0.29, 0.717) is 16.6 Å². The van der Waals surface area contributed by atoms with Crippen LogP contribution in [0.3, 0.4) is 0 Å². The number of aromatic nitrogens is 2. The van der Waals surface area contributed by atoms with Crippen molar-refractivity contribution in [3.8, 4) is 0 Å². The molecule has 28 heavy (non-hydrogen) atoms. The lowest BCUT2D eigenvalue weighted by atomic mass is 10.1. The first kappa shape index (κ1) is 18.1. The average molecular weight is 397 g/mol. The Balaban J connectivity index is 1.66. The third kappa shape index (κ3) is 2.74. The van der Waals surface area contributed by atoms with Gasteiger partial charge in [-0.1, -0.05) is 0 Å². The molecule has 3 aromatic rings. The molecule has 1 amide bonds. The van der Waals surface area contributed by atoms with Gasteiger partial charge in [0.15, 0.2) is 5.69 Å². The minimum absolute atomic E-state index is 0.158. The van der Waals surface area contributed by atoms with Crippen LogP contribution >= 0.6 is 0 Å². The van der Waals surface area contributed by atoms with Crippen molar-refractivity contribution in [1.82, 2.24) is 19.9 Å². The number of nitrogens with zero attached hydrogens (tertiary/aromatic N) is 5. The molecule has 1 aliphatic rings. The van der Waals surface area contributed by atoms with E-state index in [-0.39, 0.29) is 16.5 Å². The minimum atomic E-state index is -3.53. The van der Waals surface area contributed by atoms with E-state index in [2.05, 4.69) is 20.7 Å². The maximum absolute atomic E-state index is 13.0. The van der Waals surface area contributed by atoms with E-state index < -0.39 is 10.0 Å². The lowest BCUT2D eigenvalue weighted by Crippen LogP contribution is -2.27. The van der Waals surface area contributed by atoms with Crippen molar-refractivity contribution < 1.29 is 13.2 Å². The fourth-order valence-electron chi connectivity index (χ4n) is 2.96. The largest absolute Gasteiger partial charge is 0.310 e. The summed E-state index contributed by atoms with van der Waals surface area (Å²) in [4.78, 5) is 14.6. The first-order valence-corrected chi connectivity index (χ1v) is 9.80. The molecule has 0 aliphatic carbocycles. The molecular weight excluding hydrogens is 380 g/mol. The van der Waals surface area contributed by atoms with Gasteiger partial charge in [0.1, 0.15) is 0 Å². The van der Waals surface area contributed by atoms with Crippen molar-refractivity contribution in [1.29, 1.82) is 0 Å². The van der Waals surface area contributed by atoms with Gasteiger partial charge < -0.3 is 4.90 Å². The molecule has 4 rings (SSSR count). The quantitative estimate of drug-likeness (QED) is 0.721. The van der Waals surface area contributed by atoms with Crippen LogP contribution in [0.15, 0.2) is 46.4 Å². The summed E-state index contributed by atoms with van der Waals surface area (Å²) in [6, 6.07) is 9.70. The molecule has 10 heteroatoms. The van der Waals surface area contributed by atoms with Crippen LogP contribution in [-0.4, -0.2) is 56.2 Å². The van der Waals surface area contributed by atoms with Crippen LogP contribution in [0.25, 0.3) is 10.9 Å². The van der Waals surface area contributed by atoms with E-state index in [4.69, 9.17) is 0 Å². The summed E-state index contributed by atoms with van der Waals surface area (Å²) in [5.41, 5.74) is 7.04. The average Bonchev–Trinajstić information content (AvgIpc) is 3.33. The zero-order valence-electron chi connectivity index (χ0n) is 15.4. The molecule has 143 valence electrons. The number of fused-ring (bicyclic) bond motifs is 3. The SMILES string of the molecule is CN(C(=O)c1n[nH]c2c3c(ccc12)[N]N=C3)c1ccc(S(=O)(=O)N(C)C)cc1. The Hall–Kier alpha value is -3.24. The van der Waals surface area contributed by atoms with Gasteiger partial charge in [0.2, 0.25) is 10.0 Å². The number of amides is 1. The molecule has 0 saturated carbocycles. The van der Waals surface area contributed by atoms with Crippen LogP contribution in [0.1, 0.15) is 16.1 Å². The zero-order valence-corrected chi connectivity index (χ0v) is 16.2. The Bertz CT molecular complexity index is 1210. The Labute approximate surface area is 161 Å². The lowest BCUT2D eigenvalue weighted by molar-refractivity contribution is 0.0989. The Kier molecular flexibility index (Phi) is 4.16. The summed E-state index contributed by atoms with van der Waals surface area (Å²) in [5.74, 6) is -0.318. The molecule has 0 saturated heterocycles. The highest BCUT2D eigenvalue weighted by Gasteiger charge is 2.23. The van der Waals surface area contributed by atoms with E-state index in [9.17, 15) is 13.2 Å². The molecule has 0 fully saturated rings. The number of rotatable bonds is 4. The Morgan fingerprint density at radius 1 is 1.04 bits per heavy atom. The maximum Gasteiger partial charge on any atom is 0.279 e. The number of hydrogen-bond acceptors (Lipinski definition) is 5. The topological polar surface area (TPSA) is 113 Å². The van der Waals surface area contributed by atoms with Gasteiger partial charge in [0, 0.05) is 37.8 Å². The van der Waals surface area contributed by atoms with Gasteiger partial charge in [-0.05, 0) is 36.4 Å². The first-order chi connectivity index (χ1) is 13.3. The van der Waals surface area contributed by atoms with Crippen molar-refractivity contribution in [3.05, 3.63) is 47.7 Å². The van der Waals surface area contributed by atoms with Crippen LogP contribution in [0.4, 0.5) is 11.4 Å². The smallest absolute Gasteiger partial charge is 0.279 e. The van der Waals surface area contributed by atoms with Crippen molar-refractivity contribution in [2.75, 3.05) is 26.0 Å². The van der Waals surface area contributed by atoms with Crippen molar-refractivity contribution in [2.45, 2.75) is 4.90 Å². The van der Waals surface area contributed by atoms with E-state index in [0.717, 1.165) is 15.6 Å².